The van der Waals surface area contributed by atoms with Crippen LogP contribution in [0.5, 0.6) is 0 Å². The number of Topliss-reactive ketones (excluding diaryl/α,β-unsaturated/α-hetero) is 1. The van der Waals surface area contributed by atoms with Crippen LogP contribution in [-0.4, -0.2) is 30.9 Å². The van der Waals surface area contributed by atoms with Gasteiger partial charge < -0.3 is 9.47 Å². The van der Waals surface area contributed by atoms with Crippen LogP contribution in [0.4, 0.5) is 0 Å². The van der Waals surface area contributed by atoms with Crippen LogP contribution >= 0.6 is 0 Å². The maximum absolute atomic E-state index is 13.1. The zero-order valence-electron chi connectivity index (χ0n) is 15.2. The molecule has 0 radical (unpaired) electrons. The van der Waals surface area contributed by atoms with E-state index in [4.69, 9.17) is 9.47 Å². The minimum Gasteiger partial charge on any atom is -0.465 e. The van der Waals surface area contributed by atoms with Crippen LogP contribution in [0.2, 0.25) is 0 Å². The second kappa shape index (κ2) is 7.06. The first-order valence-corrected chi connectivity index (χ1v) is 9.12. The van der Waals surface area contributed by atoms with E-state index in [0.717, 1.165) is 11.1 Å². The van der Waals surface area contributed by atoms with Crippen LogP contribution in [0.3, 0.4) is 0 Å². The lowest BCUT2D eigenvalue weighted by Crippen LogP contribution is -2.51. The predicted molar refractivity (Wildman–Crippen MR) is 96.2 cm³/mol. The molecule has 26 heavy (non-hydrogen) atoms. The Bertz CT molecular complexity index is 745. The number of ether oxygens (including phenoxy) is 2. The summed E-state index contributed by atoms with van der Waals surface area (Å²) in [5, 5.41) is 0. The van der Waals surface area contributed by atoms with Crippen molar-refractivity contribution in [3.63, 3.8) is 0 Å². The molecule has 0 bridgehead atoms. The molecule has 0 N–H and O–H groups in total. The van der Waals surface area contributed by atoms with Crippen LogP contribution < -0.4 is 0 Å². The number of esters is 2. The van der Waals surface area contributed by atoms with E-state index in [1.807, 2.05) is 36.4 Å². The Balaban J connectivity index is 1.89. The second-order valence-electron chi connectivity index (χ2n) is 6.99. The molecule has 5 nitrogen and oxygen atoms in total. The molecule has 1 saturated carbocycles. The van der Waals surface area contributed by atoms with Crippen LogP contribution in [0.1, 0.15) is 44.2 Å². The number of carbonyl (C=O) groups excluding carboxylic acids is 3. The summed E-state index contributed by atoms with van der Waals surface area (Å²) in [6.07, 6.45) is 5.02. The fourth-order valence-corrected chi connectivity index (χ4v) is 3.95. The number of hydrogen-bond donors (Lipinski definition) is 0. The Morgan fingerprint density at radius 2 is 1.65 bits per heavy atom. The summed E-state index contributed by atoms with van der Waals surface area (Å²) in [5.41, 5.74) is 0.0531. The first-order valence-electron chi connectivity index (χ1n) is 9.12. The summed E-state index contributed by atoms with van der Waals surface area (Å²) >= 11 is 0. The minimum absolute atomic E-state index is 0.101. The molecular weight excluding hydrogens is 332 g/mol. The molecule has 0 heterocycles. The summed E-state index contributed by atoms with van der Waals surface area (Å²) in [6, 6.07) is 7.97. The van der Waals surface area contributed by atoms with E-state index >= 15 is 0 Å². The summed E-state index contributed by atoms with van der Waals surface area (Å²) in [7, 11) is 0. The molecule has 2 aliphatic carbocycles. The van der Waals surface area contributed by atoms with Crippen LogP contribution in [0.25, 0.3) is 6.08 Å². The van der Waals surface area contributed by atoms with Crippen molar-refractivity contribution >= 4 is 23.8 Å². The Morgan fingerprint density at radius 3 is 2.27 bits per heavy atom. The molecule has 0 saturated heterocycles. The lowest BCUT2D eigenvalue weighted by molar-refractivity contribution is -0.178. The van der Waals surface area contributed by atoms with E-state index in [1.54, 1.807) is 13.8 Å². The SMILES string of the molecule is CCOC(=O)C1(C(=O)OCC)CCC2(C=Cc3ccccc3C2)C(=O)C1. The molecule has 1 aromatic carbocycles. The van der Waals surface area contributed by atoms with Gasteiger partial charge in [0.05, 0.1) is 18.6 Å². The lowest BCUT2D eigenvalue weighted by Gasteiger charge is -2.42. The Hall–Kier alpha value is -2.43. The molecule has 0 aromatic heterocycles. The number of benzene rings is 1. The molecular formula is C21H24O5. The van der Waals surface area contributed by atoms with E-state index in [9.17, 15) is 14.4 Å². The zero-order chi connectivity index (χ0) is 18.8. The smallest absolute Gasteiger partial charge is 0.323 e. The Kier molecular flexibility index (Phi) is 4.99. The molecule has 1 spiro atoms. The molecule has 0 amide bonds. The Labute approximate surface area is 153 Å². The number of carbonyl (C=O) groups is 3. The molecule has 1 atom stereocenters. The maximum atomic E-state index is 13.1. The van der Waals surface area contributed by atoms with E-state index in [-0.39, 0.29) is 31.8 Å². The Morgan fingerprint density at radius 1 is 1.00 bits per heavy atom. The van der Waals surface area contributed by atoms with Gasteiger partial charge in [-0.1, -0.05) is 36.4 Å². The zero-order valence-corrected chi connectivity index (χ0v) is 15.2. The third-order valence-electron chi connectivity index (χ3n) is 5.49. The van der Waals surface area contributed by atoms with E-state index < -0.39 is 22.8 Å². The third kappa shape index (κ3) is 2.96. The average molecular weight is 356 g/mol. The van der Waals surface area contributed by atoms with E-state index in [0.29, 0.717) is 12.8 Å². The number of ketones is 1. The van der Waals surface area contributed by atoms with Gasteiger partial charge in [0.25, 0.3) is 0 Å². The maximum Gasteiger partial charge on any atom is 0.323 e. The van der Waals surface area contributed by atoms with Gasteiger partial charge in [-0.15, -0.1) is 0 Å². The van der Waals surface area contributed by atoms with Gasteiger partial charge in [-0.05, 0) is 44.2 Å². The third-order valence-corrected chi connectivity index (χ3v) is 5.49. The van der Waals surface area contributed by atoms with Gasteiger partial charge in [0.2, 0.25) is 0 Å². The molecule has 0 aliphatic heterocycles. The molecule has 5 heteroatoms. The van der Waals surface area contributed by atoms with Crippen molar-refractivity contribution in [3.8, 4) is 0 Å². The summed E-state index contributed by atoms with van der Waals surface area (Å²) in [5.74, 6) is -1.40. The average Bonchev–Trinajstić information content (AvgIpc) is 2.64. The van der Waals surface area contributed by atoms with Crippen molar-refractivity contribution < 1.29 is 23.9 Å². The van der Waals surface area contributed by atoms with Crippen molar-refractivity contribution in [2.75, 3.05) is 13.2 Å². The monoisotopic (exact) mass is 356 g/mol. The molecule has 1 fully saturated rings. The quantitative estimate of drug-likeness (QED) is 0.612. The summed E-state index contributed by atoms with van der Waals surface area (Å²) < 4.78 is 10.2. The van der Waals surface area contributed by atoms with E-state index in [1.165, 1.54) is 0 Å². The van der Waals surface area contributed by atoms with Gasteiger partial charge in [-0.3, -0.25) is 14.4 Å². The topological polar surface area (TPSA) is 69.7 Å². The highest BCUT2D eigenvalue weighted by Crippen LogP contribution is 2.49. The van der Waals surface area contributed by atoms with Crippen molar-refractivity contribution in [3.05, 3.63) is 41.5 Å². The standard InChI is InChI=1S/C21H24O5/c1-3-25-18(23)21(19(24)26-4-2)12-11-20(17(22)14-21)10-9-15-7-5-6-8-16(15)13-20/h5-10H,3-4,11-14H2,1-2H3. The van der Waals surface area contributed by atoms with Crippen molar-refractivity contribution in [2.45, 2.75) is 39.5 Å². The van der Waals surface area contributed by atoms with Gasteiger partial charge in [0, 0.05) is 6.42 Å². The van der Waals surface area contributed by atoms with Crippen LogP contribution in [0.15, 0.2) is 30.3 Å². The fraction of sp³-hybridized carbons (Fsp3) is 0.476. The van der Waals surface area contributed by atoms with Crippen LogP contribution in [0, 0.1) is 10.8 Å². The largest absolute Gasteiger partial charge is 0.465 e. The van der Waals surface area contributed by atoms with Crippen molar-refractivity contribution in [2.24, 2.45) is 10.8 Å². The lowest BCUT2D eigenvalue weighted by atomic mass is 9.59. The number of rotatable bonds is 4. The van der Waals surface area contributed by atoms with Gasteiger partial charge in [0.1, 0.15) is 5.78 Å². The van der Waals surface area contributed by atoms with Crippen molar-refractivity contribution in [1.29, 1.82) is 0 Å². The van der Waals surface area contributed by atoms with Gasteiger partial charge >= 0.3 is 11.9 Å². The molecule has 1 unspecified atom stereocenters. The fourth-order valence-electron chi connectivity index (χ4n) is 3.95. The normalized spacial score (nSPS) is 23.4. The molecule has 2 aliphatic rings. The van der Waals surface area contributed by atoms with Crippen molar-refractivity contribution in [1.82, 2.24) is 0 Å². The summed E-state index contributed by atoms with van der Waals surface area (Å²) in [4.78, 5) is 38.3. The first kappa shape index (κ1) is 18.4. The van der Waals surface area contributed by atoms with E-state index in [2.05, 4.69) is 0 Å². The highest BCUT2D eigenvalue weighted by Gasteiger charge is 2.57. The highest BCUT2D eigenvalue weighted by molar-refractivity contribution is 6.06. The van der Waals surface area contributed by atoms with Crippen LogP contribution in [-0.2, 0) is 30.3 Å². The molecule has 1 aromatic rings. The second-order valence-corrected chi connectivity index (χ2v) is 6.99. The van der Waals surface area contributed by atoms with Gasteiger partial charge in [-0.25, -0.2) is 0 Å². The predicted octanol–water partition coefficient (Wildman–Crippen LogP) is 3.11. The molecule has 138 valence electrons. The number of hydrogen-bond acceptors (Lipinski definition) is 5. The highest BCUT2D eigenvalue weighted by atomic mass is 16.6. The summed E-state index contributed by atoms with van der Waals surface area (Å²) in [6.45, 7) is 3.69. The first-order chi connectivity index (χ1) is 12.5. The minimum atomic E-state index is -1.51. The number of allylic oxidation sites excluding steroid dienone is 1. The number of fused-ring (bicyclic) bond motifs is 1. The van der Waals surface area contributed by atoms with Gasteiger partial charge in [0.15, 0.2) is 5.41 Å². The van der Waals surface area contributed by atoms with Gasteiger partial charge in [-0.2, -0.15) is 0 Å². The molecule has 3 rings (SSSR count).